The largest absolute Gasteiger partial charge is 0.376 e. The third-order valence-electron chi connectivity index (χ3n) is 4.41. The molecule has 1 aliphatic heterocycles. The minimum absolute atomic E-state index is 0.00925. The molecule has 0 radical (unpaired) electrons. The first-order valence-electron chi connectivity index (χ1n) is 8.27. The fourth-order valence-electron chi connectivity index (χ4n) is 2.91. The number of ether oxygens (including phenoxy) is 1. The van der Waals surface area contributed by atoms with Gasteiger partial charge in [-0.15, -0.1) is 0 Å². The quantitative estimate of drug-likeness (QED) is 0.805. The number of nitrogens with zero attached hydrogens (tertiary/aromatic N) is 3. The molecular weight excluding hydrogens is 328 g/mol. The summed E-state index contributed by atoms with van der Waals surface area (Å²) in [5.41, 5.74) is 0.940. The zero-order valence-corrected chi connectivity index (χ0v) is 13.9. The molecule has 1 aromatic heterocycles. The molecule has 2 aromatic rings. The third-order valence-corrected chi connectivity index (χ3v) is 4.41. The van der Waals surface area contributed by atoms with Crippen LogP contribution < -0.4 is 0 Å². The predicted octanol–water partition coefficient (Wildman–Crippen LogP) is 2.58. The average Bonchev–Trinajstić information content (AvgIpc) is 3.10. The topological polar surface area (TPSA) is 47.4 Å². The van der Waals surface area contributed by atoms with Crippen molar-refractivity contribution in [3.8, 4) is 0 Å². The smallest absolute Gasteiger partial charge is 0.256 e. The molecule has 0 spiro atoms. The van der Waals surface area contributed by atoms with Crippen LogP contribution in [0.15, 0.2) is 49.1 Å². The number of amides is 1. The number of likely N-dealkylation sites (tertiary alicyclic amines) is 1. The van der Waals surface area contributed by atoms with Crippen LogP contribution in [0.5, 0.6) is 0 Å². The number of aromatic nitrogens is 2. The Balaban J connectivity index is 1.54. The van der Waals surface area contributed by atoms with Gasteiger partial charge in [0, 0.05) is 31.9 Å². The van der Waals surface area contributed by atoms with E-state index in [9.17, 15) is 13.6 Å². The highest BCUT2D eigenvalue weighted by molar-refractivity contribution is 5.76. The number of alkyl halides is 2. The van der Waals surface area contributed by atoms with Gasteiger partial charge in [0.2, 0.25) is 5.91 Å². The van der Waals surface area contributed by atoms with Crippen molar-refractivity contribution < 1.29 is 18.3 Å². The van der Waals surface area contributed by atoms with E-state index >= 15 is 0 Å². The number of halogens is 2. The van der Waals surface area contributed by atoms with Crippen molar-refractivity contribution in [2.45, 2.75) is 25.5 Å². The number of carbonyl (C=O) groups excluding carboxylic acids is 1. The summed E-state index contributed by atoms with van der Waals surface area (Å²) < 4.78 is 35.5. The van der Waals surface area contributed by atoms with Crippen molar-refractivity contribution in [3.63, 3.8) is 0 Å². The Morgan fingerprint density at radius 2 is 2.12 bits per heavy atom. The van der Waals surface area contributed by atoms with E-state index in [1.807, 2.05) is 30.3 Å². The van der Waals surface area contributed by atoms with Crippen LogP contribution >= 0.6 is 0 Å². The van der Waals surface area contributed by atoms with Gasteiger partial charge in [0.25, 0.3) is 5.92 Å². The Kier molecular flexibility index (Phi) is 5.43. The minimum atomic E-state index is -2.82. The third kappa shape index (κ3) is 4.63. The molecule has 1 unspecified atom stereocenters. The molecule has 3 rings (SSSR count). The summed E-state index contributed by atoms with van der Waals surface area (Å²) in [4.78, 5) is 17.7. The lowest BCUT2D eigenvalue weighted by Gasteiger charge is -2.38. The first-order valence-corrected chi connectivity index (χ1v) is 8.27. The SMILES string of the molecule is O=C(Cn1ccnc1)N1CCC(F)(F)C(COCc2ccccc2)C1. The first kappa shape index (κ1) is 17.5. The molecule has 0 N–H and O–H groups in total. The van der Waals surface area contributed by atoms with Crippen LogP contribution in [0.1, 0.15) is 12.0 Å². The van der Waals surface area contributed by atoms with Crippen LogP contribution in [0.4, 0.5) is 8.78 Å². The number of hydrogen-bond acceptors (Lipinski definition) is 3. The number of hydrogen-bond donors (Lipinski definition) is 0. The van der Waals surface area contributed by atoms with Gasteiger partial charge in [0.15, 0.2) is 0 Å². The van der Waals surface area contributed by atoms with Gasteiger partial charge in [-0.25, -0.2) is 13.8 Å². The Bertz CT molecular complexity index is 677. The Morgan fingerprint density at radius 3 is 2.84 bits per heavy atom. The number of imidazole rings is 1. The maximum atomic E-state index is 14.2. The lowest BCUT2D eigenvalue weighted by Crippen LogP contribution is -2.51. The van der Waals surface area contributed by atoms with Crippen LogP contribution in [0.3, 0.4) is 0 Å². The number of benzene rings is 1. The second-order valence-electron chi connectivity index (χ2n) is 6.28. The van der Waals surface area contributed by atoms with Gasteiger partial charge in [-0.3, -0.25) is 4.79 Å². The average molecular weight is 349 g/mol. The first-order chi connectivity index (χ1) is 12.0. The van der Waals surface area contributed by atoms with E-state index in [0.717, 1.165) is 5.56 Å². The van der Waals surface area contributed by atoms with Gasteiger partial charge < -0.3 is 14.2 Å². The van der Waals surface area contributed by atoms with Crippen molar-refractivity contribution >= 4 is 5.91 Å². The molecule has 1 atom stereocenters. The zero-order valence-electron chi connectivity index (χ0n) is 13.9. The van der Waals surface area contributed by atoms with Crippen molar-refractivity contribution in [2.24, 2.45) is 5.92 Å². The molecule has 1 aliphatic rings. The Morgan fingerprint density at radius 1 is 1.32 bits per heavy atom. The molecule has 5 nitrogen and oxygen atoms in total. The van der Waals surface area contributed by atoms with E-state index in [2.05, 4.69) is 4.98 Å². The summed E-state index contributed by atoms with van der Waals surface area (Å²) in [7, 11) is 0. The normalized spacial score (nSPS) is 19.8. The van der Waals surface area contributed by atoms with Gasteiger partial charge in [-0.1, -0.05) is 30.3 Å². The van der Waals surface area contributed by atoms with E-state index in [0.29, 0.717) is 0 Å². The van der Waals surface area contributed by atoms with E-state index in [-0.39, 0.29) is 45.2 Å². The standard InChI is InChI=1S/C18H21F2N3O2/c19-18(20)6-8-23(17(24)11-22-9-7-21-14-22)10-16(18)13-25-12-15-4-2-1-3-5-15/h1-5,7,9,14,16H,6,8,10-13H2. The minimum Gasteiger partial charge on any atom is -0.376 e. The predicted molar refractivity (Wildman–Crippen MR) is 88.0 cm³/mol. The fourth-order valence-corrected chi connectivity index (χ4v) is 2.91. The van der Waals surface area contributed by atoms with Crippen molar-refractivity contribution in [2.75, 3.05) is 19.7 Å². The summed E-state index contributed by atoms with van der Waals surface area (Å²) in [6.45, 7) is 0.404. The molecule has 1 saturated heterocycles. The van der Waals surface area contributed by atoms with Gasteiger partial charge in [-0.2, -0.15) is 0 Å². The summed E-state index contributed by atoms with van der Waals surface area (Å²) in [5.74, 6) is -3.99. The second kappa shape index (κ2) is 7.74. The molecule has 134 valence electrons. The molecule has 0 saturated carbocycles. The van der Waals surface area contributed by atoms with Gasteiger partial charge in [0.1, 0.15) is 6.54 Å². The van der Waals surface area contributed by atoms with Crippen LogP contribution in [-0.4, -0.2) is 46.0 Å². The molecule has 1 fully saturated rings. The lowest BCUT2D eigenvalue weighted by molar-refractivity contribution is -0.153. The monoisotopic (exact) mass is 349 g/mol. The van der Waals surface area contributed by atoms with Crippen molar-refractivity contribution in [3.05, 3.63) is 54.6 Å². The van der Waals surface area contributed by atoms with E-state index in [4.69, 9.17) is 4.74 Å². The van der Waals surface area contributed by atoms with E-state index < -0.39 is 11.8 Å². The lowest BCUT2D eigenvalue weighted by atomic mass is 9.94. The number of piperidine rings is 1. The van der Waals surface area contributed by atoms with Crippen LogP contribution in [-0.2, 0) is 22.7 Å². The Labute approximate surface area is 145 Å². The maximum Gasteiger partial charge on any atom is 0.256 e. The summed E-state index contributed by atoms with van der Waals surface area (Å²) in [5, 5.41) is 0. The summed E-state index contributed by atoms with van der Waals surface area (Å²) >= 11 is 0. The van der Waals surface area contributed by atoms with E-state index in [1.165, 1.54) is 11.2 Å². The highest BCUT2D eigenvalue weighted by atomic mass is 19.3. The van der Waals surface area contributed by atoms with Gasteiger partial charge >= 0.3 is 0 Å². The maximum absolute atomic E-state index is 14.2. The van der Waals surface area contributed by atoms with Crippen LogP contribution in [0, 0.1) is 5.92 Å². The molecule has 1 aromatic carbocycles. The van der Waals surface area contributed by atoms with Crippen molar-refractivity contribution in [1.82, 2.24) is 14.5 Å². The molecule has 7 heteroatoms. The number of carbonyl (C=O) groups is 1. The molecule has 0 aliphatic carbocycles. The van der Waals surface area contributed by atoms with Crippen molar-refractivity contribution in [1.29, 1.82) is 0 Å². The zero-order chi connectivity index (χ0) is 17.7. The van der Waals surface area contributed by atoms with E-state index in [1.54, 1.807) is 17.0 Å². The highest BCUT2D eigenvalue weighted by Crippen LogP contribution is 2.34. The van der Waals surface area contributed by atoms with Gasteiger partial charge in [0.05, 0.1) is 25.5 Å². The van der Waals surface area contributed by atoms with Gasteiger partial charge in [-0.05, 0) is 5.56 Å². The molecule has 1 amide bonds. The fraction of sp³-hybridized carbons (Fsp3) is 0.444. The van der Waals surface area contributed by atoms with Crippen LogP contribution in [0.25, 0.3) is 0 Å². The number of rotatable bonds is 6. The molecule has 25 heavy (non-hydrogen) atoms. The summed E-state index contributed by atoms with van der Waals surface area (Å²) in [6.07, 6.45) is 4.47. The summed E-state index contributed by atoms with van der Waals surface area (Å²) in [6, 6.07) is 9.43. The second-order valence-corrected chi connectivity index (χ2v) is 6.28. The molecule has 2 heterocycles. The molecular formula is C18H21F2N3O2. The van der Waals surface area contributed by atoms with Crippen LogP contribution in [0.2, 0.25) is 0 Å². The molecule has 0 bridgehead atoms. The Hall–Kier alpha value is -2.28. The highest BCUT2D eigenvalue weighted by Gasteiger charge is 2.45.